The van der Waals surface area contributed by atoms with Crippen LogP contribution in [0.4, 0.5) is 5.69 Å². The van der Waals surface area contributed by atoms with E-state index in [2.05, 4.69) is 10.6 Å². The average Bonchev–Trinajstić information content (AvgIpc) is 2.79. The van der Waals surface area contributed by atoms with Crippen LogP contribution in [0.1, 0.15) is 13.0 Å². The topological polar surface area (TPSA) is 76.0 Å². The fourth-order valence-electron chi connectivity index (χ4n) is 3.31. The van der Waals surface area contributed by atoms with E-state index in [4.69, 9.17) is 17.2 Å². The van der Waals surface area contributed by atoms with E-state index in [0.29, 0.717) is 16.7 Å². The van der Waals surface area contributed by atoms with Crippen molar-refractivity contribution in [3.63, 3.8) is 0 Å². The molecule has 0 saturated heterocycles. The first-order valence-electron chi connectivity index (χ1n) is 9.78. The molecule has 31 heavy (non-hydrogen) atoms. The molecule has 0 unspecified atom stereocenters. The fraction of sp³-hybridized carbons (Fsp3) is 0.0833. The number of nitrogens with one attached hydrogen (secondary N) is 2. The summed E-state index contributed by atoms with van der Waals surface area (Å²) in [5.41, 5.74) is 1.80. The van der Waals surface area contributed by atoms with Crippen molar-refractivity contribution >= 4 is 39.8 Å². The third kappa shape index (κ3) is 4.36. The molecule has 6 nitrogen and oxygen atoms in total. The number of rotatable bonds is 4. The minimum atomic E-state index is -0.838. The van der Waals surface area contributed by atoms with E-state index in [1.54, 1.807) is 25.1 Å². The second-order valence-corrected chi connectivity index (χ2v) is 7.39. The first-order valence-corrected chi connectivity index (χ1v) is 10.2. The number of aromatic nitrogens is 2. The highest BCUT2D eigenvalue weighted by molar-refractivity contribution is 7.80. The van der Waals surface area contributed by atoms with Crippen molar-refractivity contribution in [2.75, 3.05) is 5.32 Å². The summed E-state index contributed by atoms with van der Waals surface area (Å²) < 4.78 is 1.41. The molecule has 1 amide bonds. The fourth-order valence-corrected chi connectivity index (χ4v) is 3.53. The zero-order valence-electron chi connectivity index (χ0n) is 16.8. The second-order valence-electron chi connectivity index (χ2n) is 6.98. The molecule has 0 fully saturated rings. The van der Waals surface area contributed by atoms with Crippen LogP contribution >= 0.6 is 12.2 Å². The summed E-state index contributed by atoms with van der Waals surface area (Å²) >= 11 is 5.27. The third-order valence-corrected chi connectivity index (χ3v) is 5.08. The summed E-state index contributed by atoms with van der Waals surface area (Å²) in [5.74, 6) is 0.0127. The van der Waals surface area contributed by atoms with E-state index >= 15 is 0 Å². The summed E-state index contributed by atoms with van der Waals surface area (Å²) in [4.78, 5) is 31.0. The van der Waals surface area contributed by atoms with Gasteiger partial charge in [-0.2, -0.15) is 0 Å². The van der Waals surface area contributed by atoms with Gasteiger partial charge in [0.05, 0.1) is 10.9 Å². The number of carbonyl (C=O) groups excluding carboxylic acids is 1. The Morgan fingerprint density at radius 1 is 0.935 bits per heavy atom. The number of benzene rings is 3. The molecular formula is C24H20N4O2S. The van der Waals surface area contributed by atoms with Crippen molar-refractivity contribution in [2.45, 2.75) is 13.0 Å². The maximum atomic E-state index is 13.3. The molecule has 0 aliphatic heterocycles. The molecular weight excluding hydrogens is 408 g/mol. The van der Waals surface area contributed by atoms with Crippen molar-refractivity contribution < 1.29 is 4.79 Å². The van der Waals surface area contributed by atoms with Crippen molar-refractivity contribution in [3.05, 3.63) is 95.3 Å². The molecule has 7 heteroatoms. The van der Waals surface area contributed by atoms with Gasteiger partial charge in [-0.25, -0.2) is 4.98 Å². The van der Waals surface area contributed by atoms with Crippen molar-refractivity contribution in [1.82, 2.24) is 14.9 Å². The predicted octanol–water partition coefficient (Wildman–Crippen LogP) is 4.14. The molecule has 154 valence electrons. The van der Waals surface area contributed by atoms with Crippen molar-refractivity contribution in [2.24, 2.45) is 0 Å². The van der Waals surface area contributed by atoms with Gasteiger partial charge in [-0.15, -0.1) is 0 Å². The first-order chi connectivity index (χ1) is 15.0. The number of anilines is 1. The smallest absolute Gasteiger partial charge is 0.262 e. The largest absolute Gasteiger partial charge is 0.332 e. The van der Waals surface area contributed by atoms with Crippen LogP contribution in [0, 0.1) is 0 Å². The Morgan fingerprint density at radius 2 is 1.55 bits per heavy atom. The average molecular weight is 429 g/mol. The van der Waals surface area contributed by atoms with Crippen molar-refractivity contribution in [1.29, 1.82) is 0 Å². The van der Waals surface area contributed by atoms with Crippen LogP contribution in [0.25, 0.3) is 22.3 Å². The number of hydrogen-bond donors (Lipinski definition) is 2. The molecule has 4 aromatic rings. The highest BCUT2D eigenvalue weighted by Gasteiger charge is 2.23. The molecule has 1 atom stereocenters. The SMILES string of the molecule is C[C@H](C(=O)NC(=S)Nc1ccccc1)n1c(-c2ccccc2)nc2ccccc2c1=O. The Kier molecular flexibility index (Phi) is 5.86. The van der Waals surface area contributed by atoms with Gasteiger partial charge in [0.15, 0.2) is 5.11 Å². The first kappa shape index (κ1) is 20.4. The van der Waals surface area contributed by atoms with E-state index in [1.165, 1.54) is 4.57 Å². The lowest BCUT2D eigenvalue weighted by Crippen LogP contribution is -2.41. The summed E-state index contributed by atoms with van der Waals surface area (Å²) in [6.07, 6.45) is 0. The molecule has 3 aromatic carbocycles. The van der Waals surface area contributed by atoms with Crippen LogP contribution < -0.4 is 16.2 Å². The molecule has 0 aliphatic carbocycles. The van der Waals surface area contributed by atoms with Gasteiger partial charge in [0, 0.05) is 11.3 Å². The lowest BCUT2D eigenvalue weighted by Gasteiger charge is -2.20. The highest BCUT2D eigenvalue weighted by Crippen LogP contribution is 2.22. The number of para-hydroxylation sites is 2. The molecule has 4 rings (SSSR count). The van der Waals surface area contributed by atoms with E-state index in [1.807, 2.05) is 66.7 Å². The Bertz CT molecular complexity index is 1300. The van der Waals surface area contributed by atoms with Gasteiger partial charge in [0.1, 0.15) is 11.9 Å². The monoisotopic (exact) mass is 428 g/mol. The lowest BCUT2D eigenvalue weighted by atomic mass is 10.1. The van der Waals surface area contributed by atoms with Crippen molar-refractivity contribution in [3.8, 4) is 11.4 Å². The molecule has 0 spiro atoms. The van der Waals surface area contributed by atoms with Gasteiger partial charge in [-0.3, -0.25) is 14.2 Å². The number of amides is 1. The predicted molar refractivity (Wildman–Crippen MR) is 127 cm³/mol. The molecule has 0 radical (unpaired) electrons. The second kappa shape index (κ2) is 8.89. The van der Waals surface area contributed by atoms with Gasteiger partial charge < -0.3 is 10.6 Å². The van der Waals surface area contributed by atoms with Gasteiger partial charge in [0.2, 0.25) is 5.91 Å². The molecule has 0 bridgehead atoms. The maximum absolute atomic E-state index is 13.3. The van der Waals surface area contributed by atoms with E-state index in [0.717, 1.165) is 11.3 Å². The maximum Gasteiger partial charge on any atom is 0.262 e. The Balaban J connectivity index is 1.70. The Labute approximate surface area is 184 Å². The van der Waals surface area contributed by atoms with Crippen LogP contribution in [0.3, 0.4) is 0 Å². The minimum Gasteiger partial charge on any atom is -0.332 e. The standard InChI is InChI=1S/C24H20N4O2S/c1-16(22(29)27-24(31)25-18-12-6-3-7-13-18)28-21(17-10-4-2-5-11-17)26-20-15-9-8-14-19(20)23(28)30/h2-16H,1H3,(H2,25,27,29,31)/t16-/m1/s1. The quantitative estimate of drug-likeness (QED) is 0.478. The number of hydrogen-bond acceptors (Lipinski definition) is 4. The molecule has 2 N–H and O–H groups in total. The minimum absolute atomic E-state index is 0.158. The normalized spacial score (nSPS) is 11.6. The number of fused-ring (bicyclic) bond motifs is 1. The van der Waals surface area contributed by atoms with E-state index in [-0.39, 0.29) is 10.7 Å². The van der Waals surface area contributed by atoms with Gasteiger partial charge in [-0.1, -0.05) is 60.7 Å². The van der Waals surface area contributed by atoms with Crippen LogP contribution in [-0.4, -0.2) is 20.6 Å². The molecule has 1 heterocycles. The Hall–Kier alpha value is -3.84. The Morgan fingerprint density at radius 3 is 2.26 bits per heavy atom. The van der Waals surface area contributed by atoms with Crippen LogP contribution in [0.15, 0.2) is 89.7 Å². The van der Waals surface area contributed by atoms with Crippen LogP contribution in [0.2, 0.25) is 0 Å². The molecule has 0 aliphatic rings. The molecule has 0 saturated carbocycles. The van der Waals surface area contributed by atoms with E-state index in [9.17, 15) is 9.59 Å². The van der Waals surface area contributed by atoms with E-state index < -0.39 is 11.9 Å². The zero-order valence-corrected chi connectivity index (χ0v) is 17.6. The summed E-state index contributed by atoms with van der Waals surface area (Å²) in [5, 5.41) is 6.25. The number of nitrogens with zero attached hydrogens (tertiary/aromatic N) is 2. The molecule has 1 aromatic heterocycles. The lowest BCUT2D eigenvalue weighted by molar-refractivity contribution is -0.122. The number of thiocarbonyl (C=S) groups is 1. The van der Waals surface area contributed by atoms with Gasteiger partial charge in [0.25, 0.3) is 5.56 Å². The summed E-state index contributed by atoms with van der Waals surface area (Å²) in [6, 6.07) is 24.9. The summed E-state index contributed by atoms with van der Waals surface area (Å²) in [6.45, 7) is 1.66. The van der Waals surface area contributed by atoms with Crippen LogP contribution in [-0.2, 0) is 4.79 Å². The zero-order chi connectivity index (χ0) is 21.8. The highest BCUT2D eigenvalue weighted by atomic mass is 32.1. The number of carbonyl (C=O) groups is 1. The third-order valence-electron chi connectivity index (χ3n) is 4.87. The van der Waals surface area contributed by atoms with Gasteiger partial charge in [-0.05, 0) is 43.4 Å². The van der Waals surface area contributed by atoms with Gasteiger partial charge >= 0.3 is 0 Å². The van der Waals surface area contributed by atoms with Crippen LogP contribution in [0.5, 0.6) is 0 Å². The summed E-state index contributed by atoms with van der Waals surface area (Å²) in [7, 11) is 0.